The Kier molecular flexibility index (Phi) is 3.55. The van der Waals surface area contributed by atoms with Crippen LogP contribution in [0.4, 0.5) is 0 Å². The maximum Gasteiger partial charge on any atom is 0.156 e. The van der Waals surface area contributed by atoms with Gasteiger partial charge in [0.2, 0.25) is 0 Å². The van der Waals surface area contributed by atoms with Gasteiger partial charge in [-0.2, -0.15) is 0 Å². The van der Waals surface area contributed by atoms with Crippen molar-refractivity contribution in [3.05, 3.63) is 28.7 Å². The summed E-state index contributed by atoms with van der Waals surface area (Å²) in [6.45, 7) is 5.83. The van der Waals surface area contributed by atoms with Crippen LogP contribution in [0, 0.1) is 5.92 Å². The molecule has 16 heavy (non-hydrogen) atoms. The zero-order valence-corrected chi connectivity index (χ0v) is 11.3. The maximum atomic E-state index is 6.11. The molecule has 1 fully saturated rings. The number of para-hydroxylation sites is 1. The summed E-state index contributed by atoms with van der Waals surface area (Å²) in [7, 11) is 0. The minimum absolute atomic E-state index is 0.113. The summed E-state index contributed by atoms with van der Waals surface area (Å²) >= 11 is 3.50. The molecule has 0 spiro atoms. The predicted octanol–water partition coefficient (Wildman–Crippen LogP) is 3.64. The molecule has 0 saturated carbocycles. The number of hydrogen-bond donors (Lipinski definition) is 0. The van der Waals surface area contributed by atoms with Crippen LogP contribution in [0.5, 0.6) is 5.75 Å². The Morgan fingerprint density at radius 3 is 2.56 bits per heavy atom. The second kappa shape index (κ2) is 4.76. The van der Waals surface area contributed by atoms with E-state index in [2.05, 4.69) is 29.8 Å². The molecule has 2 nitrogen and oxygen atoms in total. The van der Waals surface area contributed by atoms with Crippen LogP contribution in [0.25, 0.3) is 0 Å². The van der Waals surface area contributed by atoms with Crippen LogP contribution in [-0.4, -0.2) is 18.8 Å². The van der Waals surface area contributed by atoms with E-state index >= 15 is 0 Å². The molecule has 3 heteroatoms. The van der Waals surface area contributed by atoms with Crippen molar-refractivity contribution >= 4 is 15.9 Å². The van der Waals surface area contributed by atoms with Gasteiger partial charge in [0.1, 0.15) is 5.75 Å². The Morgan fingerprint density at radius 2 is 2.06 bits per heavy atom. The SMILES string of the molecule is CC(C)CC1(Oc2ccccc2Br)COC1. The molecule has 0 amide bonds. The van der Waals surface area contributed by atoms with E-state index in [1.807, 2.05) is 24.3 Å². The fraction of sp³-hybridized carbons (Fsp3) is 0.538. The Labute approximate surface area is 105 Å². The average Bonchev–Trinajstić information content (AvgIpc) is 2.17. The number of rotatable bonds is 4. The van der Waals surface area contributed by atoms with Crippen LogP contribution in [0.1, 0.15) is 20.3 Å². The van der Waals surface area contributed by atoms with E-state index < -0.39 is 0 Å². The highest BCUT2D eigenvalue weighted by Crippen LogP contribution is 2.34. The van der Waals surface area contributed by atoms with E-state index in [1.165, 1.54) is 0 Å². The standard InChI is InChI=1S/C13H17BrO2/c1-10(2)7-13(8-15-9-13)16-12-6-4-3-5-11(12)14/h3-6,10H,7-9H2,1-2H3. The fourth-order valence-electron chi connectivity index (χ4n) is 2.05. The molecule has 0 radical (unpaired) electrons. The Balaban J connectivity index is 2.10. The van der Waals surface area contributed by atoms with Gasteiger partial charge in [0, 0.05) is 0 Å². The van der Waals surface area contributed by atoms with Crippen molar-refractivity contribution in [2.75, 3.05) is 13.2 Å². The van der Waals surface area contributed by atoms with E-state index in [-0.39, 0.29) is 5.60 Å². The summed E-state index contributed by atoms with van der Waals surface area (Å²) in [5.41, 5.74) is -0.113. The second-order valence-electron chi connectivity index (χ2n) is 4.81. The Bertz CT molecular complexity index is 359. The second-order valence-corrected chi connectivity index (χ2v) is 5.66. The summed E-state index contributed by atoms with van der Waals surface area (Å²) in [5.74, 6) is 1.53. The topological polar surface area (TPSA) is 18.5 Å². The van der Waals surface area contributed by atoms with Gasteiger partial charge >= 0.3 is 0 Å². The van der Waals surface area contributed by atoms with Crippen LogP contribution in [-0.2, 0) is 4.74 Å². The van der Waals surface area contributed by atoms with Gasteiger partial charge in [0.25, 0.3) is 0 Å². The highest BCUT2D eigenvalue weighted by Gasteiger charge is 2.41. The summed E-state index contributed by atoms with van der Waals surface area (Å²) < 4.78 is 12.4. The largest absolute Gasteiger partial charge is 0.481 e. The Morgan fingerprint density at radius 1 is 1.38 bits per heavy atom. The van der Waals surface area contributed by atoms with Gasteiger partial charge in [-0.05, 0) is 40.4 Å². The smallest absolute Gasteiger partial charge is 0.156 e. The van der Waals surface area contributed by atoms with Crippen LogP contribution < -0.4 is 4.74 Å². The van der Waals surface area contributed by atoms with Crippen molar-refractivity contribution in [2.24, 2.45) is 5.92 Å². The third-order valence-corrected chi connectivity index (χ3v) is 3.33. The summed E-state index contributed by atoms with van der Waals surface area (Å²) in [5, 5.41) is 0. The van der Waals surface area contributed by atoms with Crippen LogP contribution in [0.2, 0.25) is 0 Å². The lowest BCUT2D eigenvalue weighted by Gasteiger charge is -2.42. The summed E-state index contributed by atoms with van der Waals surface area (Å²) in [4.78, 5) is 0. The molecule has 0 unspecified atom stereocenters. The van der Waals surface area contributed by atoms with Crippen LogP contribution >= 0.6 is 15.9 Å². The summed E-state index contributed by atoms with van der Waals surface area (Å²) in [6.07, 6.45) is 1.04. The number of halogens is 1. The fourth-order valence-corrected chi connectivity index (χ4v) is 2.42. The van der Waals surface area contributed by atoms with Gasteiger partial charge in [0.15, 0.2) is 5.60 Å². The lowest BCUT2D eigenvalue weighted by atomic mass is 9.90. The maximum absolute atomic E-state index is 6.11. The third kappa shape index (κ3) is 2.58. The van der Waals surface area contributed by atoms with Crippen molar-refractivity contribution in [1.29, 1.82) is 0 Å². The first-order chi connectivity index (χ1) is 7.61. The zero-order valence-electron chi connectivity index (χ0n) is 9.70. The van der Waals surface area contributed by atoms with Crippen LogP contribution in [0.15, 0.2) is 28.7 Å². The van der Waals surface area contributed by atoms with E-state index in [9.17, 15) is 0 Å². The highest BCUT2D eigenvalue weighted by atomic mass is 79.9. The number of ether oxygens (including phenoxy) is 2. The molecule has 1 heterocycles. The molecule has 2 rings (SSSR count). The quantitative estimate of drug-likeness (QED) is 0.840. The molecule has 1 aliphatic heterocycles. The molecular formula is C13H17BrO2. The number of hydrogen-bond acceptors (Lipinski definition) is 2. The van der Waals surface area contributed by atoms with E-state index in [1.54, 1.807) is 0 Å². The van der Waals surface area contributed by atoms with Gasteiger partial charge in [-0.15, -0.1) is 0 Å². The molecule has 1 aliphatic rings. The first-order valence-electron chi connectivity index (χ1n) is 5.63. The lowest BCUT2D eigenvalue weighted by Crippen LogP contribution is -2.55. The average molecular weight is 285 g/mol. The zero-order chi connectivity index (χ0) is 11.6. The van der Waals surface area contributed by atoms with Gasteiger partial charge in [0.05, 0.1) is 17.7 Å². The van der Waals surface area contributed by atoms with Crippen molar-refractivity contribution in [3.8, 4) is 5.75 Å². The molecule has 0 aromatic heterocycles. The van der Waals surface area contributed by atoms with E-state index in [0.29, 0.717) is 19.1 Å². The van der Waals surface area contributed by atoms with Gasteiger partial charge in [-0.25, -0.2) is 0 Å². The van der Waals surface area contributed by atoms with Gasteiger partial charge in [-0.1, -0.05) is 26.0 Å². The molecule has 0 bridgehead atoms. The molecule has 88 valence electrons. The third-order valence-electron chi connectivity index (χ3n) is 2.67. The molecule has 1 aromatic rings. The van der Waals surface area contributed by atoms with Crippen molar-refractivity contribution < 1.29 is 9.47 Å². The molecular weight excluding hydrogens is 268 g/mol. The molecule has 0 atom stereocenters. The normalized spacial score (nSPS) is 18.2. The van der Waals surface area contributed by atoms with Crippen molar-refractivity contribution in [3.63, 3.8) is 0 Å². The van der Waals surface area contributed by atoms with E-state index in [0.717, 1.165) is 16.6 Å². The van der Waals surface area contributed by atoms with Gasteiger partial charge in [-0.3, -0.25) is 0 Å². The number of benzene rings is 1. The monoisotopic (exact) mass is 284 g/mol. The minimum Gasteiger partial charge on any atom is -0.481 e. The van der Waals surface area contributed by atoms with Crippen molar-refractivity contribution in [1.82, 2.24) is 0 Å². The minimum atomic E-state index is -0.113. The molecule has 0 N–H and O–H groups in total. The first-order valence-corrected chi connectivity index (χ1v) is 6.42. The molecule has 1 aromatic carbocycles. The summed E-state index contributed by atoms with van der Waals surface area (Å²) in [6, 6.07) is 7.97. The van der Waals surface area contributed by atoms with E-state index in [4.69, 9.17) is 9.47 Å². The van der Waals surface area contributed by atoms with Gasteiger partial charge < -0.3 is 9.47 Å². The Hall–Kier alpha value is -0.540. The first kappa shape index (κ1) is 11.9. The predicted molar refractivity (Wildman–Crippen MR) is 67.8 cm³/mol. The molecule has 1 saturated heterocycles. The van der Waals surface area contributed by atoms with Crippen molar-refractivity contribution in [2.45, 2.75) is 25.9 Å². The van der Waals surface area contributed by atoms with Crippen LogP contribution in [0.3, 0.4) is 0 Å². The highest BCUT2D eigenvalue weighted by molar-refractivity contribution is 9.10. The molecule has 0 aliphatic carbocycles. The lowest BCUT2D eigenvalue weighted by molar-refractivity contribution is -0.169.